The summed E-state index contributed by atoms with van der Waals surface area (Å²) in [6, 6.07) is 6.41. The van der Waals surface area contributed by atoms with Crippen molar-refractivity contribution in [1.82, 2.24) is 4.90 Å². The molecule has 1 aromatic rings. The van der Waals surface area contributed by atoms with Gasteiger partial charge in [0.25, 0.3) is 0 Å². The number of amides is 1. The van der Waals surface area contributed by atoms with Gasteiger partial charge in [-0.2, -0.15) is 0 Å². The van der Waals surface area contributed by atoms with Crippen LogP contribution in [0.5, 0.6) is 5.75 Å². The topological polar surface area (TPSA) is 68.3 Å². The summed E-state index contributed by atoms with van der Waals surface area (Å²) in [4.78, 5) is 31.3. The highest BCUT2D eigenvalue weighted by atomic mass is 16.5. The molecule has 0 aromatic heterocycles. The molecule has 5 atom stereocenters. The maximum Gasteiger partial charge on any atom is 0.414 e. The van der Waals surface area contributed by atoms with Crippen molar-refractivity contribution in [2.45, 2.75) is 55.5 Å². The number of fused-ring (bicyclic) bond motifs is 3. The Kier molecular flexibility index (Phi) is 3.85. The Morgan fingerprint density at radius 3 is 2.61 bits per heavy atom. The van der Waals surface area contributed by atoms with Crippen LogP contribution in [0.1, 0.15) is 44.1 Å². The second-order valence-electron chi connectivity index (χ2n) is 9.99. The van der Waals surface area contributed by atoms with E-state index in [0.717, 1.165) is 56.4 Å². The molecule has 2 bridgehead atoms. The predicted molar refractivity (Wildman–Crippen MR) is 113 cm³/mol. The molecule has 0 N–H and O–H groups in total. The molecule has 7 rings (SSSR count). The van der Waals surface area contributed by atoms with Gasteiger partial charge < -0.3 is 14.2 Å². The summed E-state index contributed by atoms with van der Waals surface area (Å²) in [7, 11) is 4.53. The van der Waals surface area contributed by atoms with Crippen molar-refractivity contribution in [3.05, 3.63) is 23.8 Å². The molecule has 31 heavy (non-hydrogen) atoms. The lowest BCUT2D eigenvalue weighted by molar-refractivity contribution is -0.174. The normalized spacial score (nSPS) is 39.5. The van der Waals surface area contributed by atoms with Gasteiger partial charge in [0, 0.05) is 11.5 Å². The molecule has 3 aliphatic heterocycles. The zero-order valence-corrected chi connectivity index (χ0v) is 18.5. The van der Waals surface area contributed by atoms with Crippen LogP contribution in [0.3, 0.4) is 0 Å². The Labute approximate surface area is 182 Å². The van der Waals surface area contributed by atoms with E-state index in [1.165, 1.54) is 20.6 Å². The number of rotatable bonds is 2. The van der Waals surface area contributed by atoms with Crippen LogP contribution in [-0.4, -0.2) is 63.0 Å². The number of piperidine rings is 1. The van der Waals surface area contributed by atoms with E-state index in [-0.39, 0.29) is 22.7 Å². The number of anilines is 1. The standard InChI is InChI=1S/C24H30N2O5/c1-29-17-7-4-6-15-18(17)26(21(28)31-3)24-10-9-22(14-16(24)19(27)30-2)8-5-12-25-13-11-23(15,24)20(22)25/h4,6-7,16,20H,5,8-14H2,1-3H3/t16-,20-,22+,23+,24+/m0/s1. The second-order valence-corrected chi connectivity index (χ2v) is 9.99. The van der Waals surface area contributed by atoms with Gasteiger partial charge in [0.1, 0.15) is 5.75 Å². The molecule has 3 aliphatic carbocycles. The number of nitrogens with zero attached hydrogens (tertiary/aromatic N) is 2. The number of para-hydroxylation sites is 1. The first-order valence-electron chi connectivity index (χ1n) is 11.4. The summed E-state index contributed by atoms with van der Waals surface area (Å²) >= 11 is 0. The fourth-order valence-corrected chi connectivity index (χ4v) is 8.80. The van der Waals surface area contributed by atoms with Crippen molar-refractivity contribution < 1.29 is 23.8 Å². The van der Waals surface area contributed by atoms with Crippen LogP contribution in [-0.2, 0) is 19.7 Å². The van der Waals surface area contributed by atoms with Gasteiger partial charge >= 0.3 is 12.1 Å². The van der Waals surface area contributed by atoms with Gasteiger partial charge in [-0.1, -0.05) is 12.1 Å². The quantitative estimate of drug-likeness (QED) is 0.677. The third kappa shape index (κ3) is 1.92. The minimum atomic E-state index is -0.692. The van der Waals surface area contributed by atoms with Crippen LogP contribution in [0.4, 0.5) is 10.5 Å². The maximum absolute atomic E-state index is 13.5. The number of hydrogen-bond donors (Lipinski definition) is 0. The van der Waals surface area contributed by atoms with Gasteiger partial charge in [0.2, 0.25) is 0 Å². The van der Waals surface area contributed by atoms with Crippen molar-refractivity contribution >= 4 is 17.7 Å². The fourth-order valence-electron chi connectivity index (χ4n) is 8.80. The number of methoxy groups -OCH3 is 3. The Morgan fingerprint density at radius 1 is 1.03 bits per heavy atom. The molecule has 0 unspecified atom stereocenters. The Morgan fingerprint density at radius 2 is 1.87 bits per heavy atom. The average Bonchev–Trinajstić information content (AvgIpc) is 3.34. The maximum atomic E-state index is 13.5. The van der Waals surface area contributed by atoms with Crippen LogP contribution in [0, 0.1) is 11.3 Å². The first-order valence-corrected chi connectivity index (χ1v) is 11.4. The Hall–Kier alpha value is -2.28. The summed E-state index contributed by atoms with van der Waals surface area (Å²) < 4.78 is 16.5. The smallest absolute Gasteiger partial charge is 0.414 e. The van der Waals surface area contributed by atoms with Crippen molar-refractivity contribution in [3.8, 4) is 5.75 Å². The van der Waals surface area contributed by atoms with E-state index >= 15 is 0 Å². The van der Waals surface area contributed by atoms with E-state index < -0.39 is 11.6 Å². The van der Waals surface area contributed by atoms with E-state index in [2.05, 4.69) is 11.0 Å². The third-order valence-corrected chi connectivity index (χ3v) is 9.45. The summed E-state index contributed by atoms with van der Waals surface area (Å²) in [5.41, 5.74) is 1.01. The van der Waals surface area contributed by atoms with Crippen molar-refractivity contribution in [1.29, 1.82) is 0 Å². The lowest BCUT2D eigenvalue weighted by Gasteiger charge is -2.69. The Balaban J connectivity index is 1.71. The molecule has 2 saturated heterocycles. The van der Waals surface area contributed by atoms with E-state index in [0.29, 0.717) is 11.8 Å². The summed E-state index contributed by atoms with van der Waals surface area (Å²) in [6.07, 6.45) is 5.39. The first-order chi connectivity index (χ1) is 15.0. The van der Waals surface area contributed by atoms with Crippen LogP contribution in [0.2, 0.25) is 0 Å². The summed E-state index contributed by atoms with van der Waals surface area (Å²) in [6.45, 7) is 2.08. The van der Waals surface area contributed by atoms with Gasteiger partial charge in [-0.25, -0.2) is 4.79 Å². The minimum Gasteiger partial charge on any atom is -0.495 e. The minimum absolute atomic E-state index is 0.0852. The van der Waals surface area contributed by atoms with Crippen molar-refractivity contribution in [2.75, 3.05) is 39.3 Å². The highest BCUT2D eigenvalue weighted by Crippen LogP contribution is 2.76. The molecule has 3 spiro atoms. The van der Waals surface area contributed by atoms with Gasteiger partial charge in [0.05, 0.1) is 38.5 Å². The van der Waals surface area contributed by atoms with Crippen molar-refractivity contribution in [2.24, 2.45) is 11.3 Å². The molecule has 3 heterocycles. The van der Waals surface area contributed by atoms with Crippen LogP contribution in [0.25, 0.3) is 0 Å². The monoisotopic (exact) mass is 426 g/mol. The first kappa shape index (κ1) is 19.4. The number of carbonyl (C=O) groups excluding carboxylic acids is 2. The molecule has 6 aliphatic rings. The molecular formula is C24H30N2O5. The van der Waals surface area contributed by atoms with E-state index in [4.69, 9.17) is 14.2 Å². The number of carbonyl (C=O) groups is 2. The zero-order chi connectivity index (χ0) is 21.6. The molecule has 5 fully saturated rings. The zero-order valence-electron chi connectivity index (χ0n) is 18.5. The summed E-state index contributed by atoms with van der Waals surface area (Å²) in [5, 5.41) is 0. The molecule has 1 aromatic carbocycles. The van der Waals surface area contributed by atoms with Crippen LogP contribution >= 0.6 is 0 Å². The highest BCUT2D eigenvalue weighted by molar-refractivity contribution is 5.99. The molecule has 0 radical (unpaired) electrons. The number of ether oxygens (including phenoxy) is 3. The van der Waals surface area contributed by atoms with Gasteiger partial charge in [-0.05, 0) is 68.7 Å². The van der Waals surface area contributed by atoms with Gasteiger partial charge in [0.15, 0.2) is 0 Å². The van der Waals surface area contributed by atoms with E-state index in [1.807, 2.05) is 17.0 Å². The van der Waals surface area contributed by atoms with E-state index in [1.54, 1.807) is 7.11 Å². The number of hydrogen-bond acceptors (Lipinski definition) is 6. The number of esters is 1. The largest absolute Gasteiger partial charge is 0.495 e. The molecule has 7 nitrogen and oxygen atoms in total. The van der Waals surface area contributed by atoms with Crippen molar-refractivity contribution in [3.63, 3.8) is 0 Å². The third-order valence-electron chi connectivity index (χ3n) is 9.45. The molecule has 166 valence electrons. The second kappa shape index (κ2) is 6.15. The highest BCUT2D eigenvalue weighted by Gasteiger charge is 2.82. The SMILES string of the molecule is COC(=O)[C@@H]1C[C@@]23CCCN4CC[C@@]5(c6cccc(OC)c6N(C(=O)OC)[C@]15CC2)[C@@H]43. The predicted octanol–water partition coefficient (Wildman–Crippen LogP) is 3.10. The molecular weight excluding hydrogens is 396 g/mol. The fraction of sp³-hybridized carbons (Fsp3) is 0.667. The molecule has 3 saturated carbocycles. The lowest BCUT2D eigenvalue weighted by atomic mass is 9.38. The molecule has 1 amide bonds. The average molecular weight is 427 g/mol. The molecule has 7 heteroatoms. The Bertz CT molecular complexity index is 981. The van der Waals surface area contributed by atoms with Gasteiger partial charge in [-0.3, -0.25) is 14.6 Å². The summed E-state index contributed by atoms with van der Waals surface area (Å²) in [5.74, 6) is 0.0785. The van der Waals surface area contributed by atoms with Crippen LogP contribution in [0.15, 0.2) is 18.2 Å². The lowest BCUT2D eigenvalue weighted by Crippen LogP contribution is -2.79. The van der Waals surface area contributed by atoms with Gasteiger partial charge in [-0.15, -0.1) is 0 Å². The van der Waals surface area contributed by atoms with E-state index in [9.17, 15) is 9.59 Å². The van der Waals surface area contributed by atoms with Crippen LogP contribution < -0.4 is 9.64 Å². The number of benzene rings is 1.